The molecule has 1 N–H and O–H groups in total. The molecule has 0 saturated carbocycles. The number of rotatable bonds is 6. The quantitative estimate of drug-likeness (QED) is 0.627. The average Bonchev–Trinajstić information content (AvgIpc) is 2.64. The number of nitrogens with one attached hydrogen (secondary N) is 1. The second-order valence-electron chi connectivity index (χ2n) is 7.76. The molecule has 0 radical (unpaired) electrons. The van der Waals surface area contributed by atoms with Crippen LogP contribution in [0.5, 0.6) is 0 Å². The summed E-state index contributed by atoms with van der Waals surface area (Å²) in [7, 11) is 0. The van der Waals surface area contributed by atoms with Gasteiger partial charge < -0.3 is 5.32 Å². The molecule has 1 unspecified atom stereocenters. The van der Waals surface area contributed by atoms with E-state index in [0.29, 0.717) is 10.9 Å². The molecule has 0 aliphatic carbocycles. The van der Waals surface area contributed by atoms with Crippen LogP contribution in [0.2, 0.25) is 0 Å². The van der Waals surface area contributed by atoms with Gasteiger partial charge in [0.1, 0.15) is 6.54 Å². The van der Waals surface area contributed by atoms with Crippen molar-refractivity contribution in [1.29, 1.82) is 0 Å². The SMILES string of the molecule is CC(CC(C)(C)c1ccccc1)NC(=O)Cn1cnc2ccc(Br)cc2c1=O. The fourth-order valence-corrected chi connectivity index (χ4v) is 3.90. The molecule has 3 rings (SSSR count). The standard InChI is InChI=1S/C22H24BrN3O2/c1-15(12-22(2,3)16-7-5-4-6-8-16)25-20(27)13-26-14-24-19-10-9-17(23)11-18(19)21(26)28/h4-11,14-15H,12-13H2,1-3H3,(H,25,27). The summed E-state index contributed by atoms with van der Waals surface area (Å²) in [5.74, 6) is -0.199. The first-order chi connectivity index (χ1) is 13.3. The lowest BCUT2D eigenvalue weighted by Crippen LogP contribution is -2.40. The summed E-state index contributed by atoms with van der Waals surface area (Å²) < 4.78 is 2.15. The molecule has 0 saturated heterocycles. The smallest absolute Gasteiger partial charge is 0.261 e. The Kier molecular flexibility index (Phi) is 5.98. The van der Waals surface area contributed by atoms with E-state index in [1.54, 1.807) is 12.1 Å². The van der Waals surface area contributed by atoms with E-state index >= 15 is 0 Å². The minimum absolute atomic E-state index is 0.0269. The highest BCUT2D eigenvalue weighted by Gasteiger charge is 2.24. The molecule has 5 nitrogen and oxygen atoms in total. The summed E-state index contributed by atoms with van der Waals surface area (Å²) in [4.78, 5) is 29.4. The zero-order valence-electron chi connectivity index (χ0n) is 16.3. The molecule has 1 heterocycles. The van der Waals surface area contributed by atoms with Crippen LogP contribution in [0.25, 0.3) is 10.9 Å². The largest absolute Gasteiger partial charge is 0.352 e. The lowest BCUT2D eigenvalue weighted by Gasteiger charge is -2.29. The highest BCUT2D eigenvalue weighted by atomic mass is 79.9. The monoisotopic (exact) mass is 441 g/mol. The summed E-state index contributed by atoms with van der Waals surface area (Å²) in [5, 5.41) is 3.49. The second kappa shape index (κ2) is 8.27. The van der Waals surface area contributed by atoms with Crippen LogP contribution in [0.15, 0.2) is 64.1 Å². The molecule has 6 heteroatoms. The predicted molar refractivity (Wildman–Crippen MR) is 115 cm³/mol. The zero-order valence-corrected chi connectivity index (χ0v) is 17.9. The van der Waals surface area contributed by atoms with Gasteiger partial charge in [-0.2, -0.15) is 0 Å². The Morgan fingerprint density at radius 2 is 1.93 bits per heavy atom. The van der Waals surface area contributed by atoms with E-state index in [4.69, 9.17) is 0 Å². The molecule has 0 spiro atoms. The van der Waals surface area contributed by atoms with E-state index in [-0.39, 0.29) is 29.5 Å². The van der Waals surface area contributed by atoms with E-state index < -0.39 is 0 Å². The van der Waals surface area contributed by atoms with Crippen molar-refractivity contribution in [1.82, 2.24) is 14.9 Å². The fourth-order valence-electron chi connectivity index (χ4n) is 3.54. The number of amides is 1. The van der Waals surface area contributed by atoms with Crippen LogP contribution in [-0.2, 0) is 16.8 Å². The van der Waals surface area contributed by atoms with Crippen molar-refractivity contribution in [3.63, 3.8) is 0 Å². The van der Waals surface area contributed by atoms with Gasteiger partial charge in [-0.05, 0) is 42.5 Å². The lowest BCUT2D eigenvalue weighted by atomic mass is 9.79. The Morgan fingerprint density at radius 1 is 1.21 bits per heavy atom. The molecule has 0 fully saturated rings. The molecule has 0 aliphatic rings. The Labute approximate surface area is 172 Å². The molecule has 3 aromatic rings. The number of hydrogen-bond donors (Lipinski definition) is 1. The van der Waals surface area contributed by atoms with Gasteiger partial charge in [-0.25, -0.2) is 4.98 Å². The van der Waals surface area contributed by atoms with Gasteiger partial charge in [0.25, 0.3) is 5.56 Å². The number of hydrogen-bond acceptors (Lipinski definition) is 3. The van der Waals surface area contributed by atoms with Gasteiger partial charge in [0.2, 0.25) is 5.91 Å². The minimum Gasteiger partial charge on any atom is -0.352 e. The number of fused-ring (bicyclic) bond motifs is 1. The van der Waals surface area contributed by atoms with Crippen molar-refractivity contribution in [3.05, 3.63) is 75.2 Å². The van der Waals surface area contributed by atoms with Gasteiger partial charge >= 0.3 is 0 Å². The minimum atomic E-state index is -0.223. The predicted octanol–water partition coefficient (Wildman–Crippen LogP) is 4.03. The van der Waals surface area contributed by atoms with E-state index in [9.17, 15) is 9.59 Å². The van der Waals surface area contributed by atoms with Gasteiger partial charge in [-0.1, -0.05) is 60.1 Å². The molecular weight excluding hydrogens is 418 g/mol. The number of aromatic nitrogens is 2. The van der Waals surface area contributed by atoms with E-state index in [2.05, 4.69) is 52.2 Å². The Hall–Kier alpha value is -2.47. The average molecular weight is 442 g/mol. The van der Waals surface area contributed by atoms with Crippen molar-refractivity contribution in [2.75, 3.05) is 0 Å². The van der Waals surface area contributed by atoms with E-state index in [0.717, 1.165) is 10.9 Å². The van der Waals surface area contributed by atoms with Crippen molar-refractivity contribution < 1.29 is 4.79 Å². The highest BCUT2D eigenvalue weighted by molar-refractivity contribution is 9.10. The molecule has 146 valence electrons. The summed E-state index contributed by atoms with van der Waals surface area (Å²) in [6.45, 7) is 6.27. The van der Waals surface area contributed by atoms with Crippen LogP contribution < -0.4 is 10.9 Å². The van der Waals surface area contributed by atoms with E-state index in [1.807, 2.05) is 31.2 Å². The Morgan fingerprint density at radius 3 is 2.64 bits per heavy atom. The van der Waals surface area contributed by atoms with Crippen molar-refractivity contribution in [3.8, 4) is 0 Å². The van der Waals surface area contributed by atoms with Crippen LogP contribution in [-0.4, -0.2) is 21.5 Å². The third-order valence-corrected chi connectivity index (χ3v) is 5.37. The van der Waals surface area contributed by atoms with Crippen LogP contribution in [0.3, 0.4) is 0 Å². The number of halogens is 1. The van der Waals surface area contributed by atoms with Gasteiger partial charge in [0, 0.05) is 10.5 Å². The first-order valence-electron chi connectivity index (χ1n) is 9.26. The maximum Gasteiger partial charge on any atom is 0.261 e. The first kappa shape index (κ1) is 20.3. The summed E-state index contributed by atoms with van der Waals surface area (Å²) in [6.07, 6.45) is 2.22. The molecule has 0 aliphatic heterocycles. The van der Waals surface area contributed by atoms with Crippen molar-refractivity contribution in [2.24, 2.45) is 0 Å². The molecule has 28 heavy (non-hydrogen) atoms. The number of carbonyl (C=O) groups is 1. The molecular formula is C22H24BrN3O2. The molecule has 0 bridgehead atoms. The first-order valence-corrected chi connectivity index (χ1v) is 10.1. The lowest BCUT2D eigenvalue weighted by molar-refractivity contribution is -0.122. The summed E-state index contributed by atoms with van der Waals surface area (Å²) >= 11 is 3.37. The Bertz CT molecular complexity index is 1040. The van der Waals surface area contributed by atoms with Crippen LogP contribution in [0.4, 0.5) is 0 Å². The second-order valence-corrected chi connectivity index (χ2v) is 8.68. The summed E-state index contributed by atoms with van der Waals surface area (Å²) in [6, 6.07) is 15.6. The third kappa shape index (κ3) is 4.68. The number of benzene rings is 2. The Balaban J connectivity index is 1.68. The highest BCUT2D eigenvalue weighted by Crippen LogP contribution is 2.28. The summed E-state index contributed by atoms with van der Waals surface area (Å²) in [5.41, 5.74) is 1.56. The molecule has 2 aromatic carbocycles. The van der Waals surface area contributed by atoms with Gasteiger partial charge in [-0.15, -0.1) is 0 Å². The maximum atomic E-state index is 12.6. The fraction of sp³-hybridized carbons (Fsp3) is 0.318. The van der Waals surface area contributed by atoms with Gasteiger partial charge in [0.15, 0.2) is 0 Å². The molecule has 1 amide bonds. The number of carbonyl (C=O) groups excluding carboxylic acids is 1. The van der Waals surface area contributed by atoms with Crippen LogP contribution in [0.1, 0.15) is 32.8 Å². The van der Waals surface area contributed by atoms with Crippen LogP contribution >= 0.6 is 15.9 Å². The van der Waals surface area contributed by atoms with Gasteiger partial charge in [0.05, 0.1) is 17.2 Å². The molecule has 1 aromatic heterocycles. The maximum absolute atomic E-state index is 12.6. The van der Waals surface area contributed by atoms with Crippen molar-refractivity contribution in [2.45, 2.75) is 45.2 Å². The topological polar surface area (TPSA) is 64.0 Å². The normalized spacial score (nSPS) is 12.7. The third-order valence-electron chi connectivity index (χ3n) is 4.88. The van der Waals surface area contributed by atoms with E-state index in [1.165, 1.54) is 16.5 Å². The van der Waals surface area contributed by atoms with Crippen molar-refractivity contribution >= 4 is 32.7 Å². The zero-order chi connectivity index (χ0) is 20.3. The number of nitrogens with zero attached hydrogens (tertiary/aromatic N) is 2. The molecule has 1 atom stereocenters. The van der Waals surface area contributed by atoms with Crippen LogP contribution in [0, 0.1) is 0 Å². The van der Waals surface area contributed by atoms with Gasteiger partial charge in [-0.3, -0.25) is 14.2 Å².